The molecular formula is C12H14FN3O. The second-order valence-electron chi connectivity index (χ2n) is 3.92. The molecule has 2 aromatic rings. The van der Waals surface area contributed by atoms with E-state index in [0.29, 0.717) is 23.6 Å². The van der Waals surface area contributed by atoms with E-state index in [2.05, 4.69) is 5.10 Å². The van der Waals surface area contributed by atoms with Gasteiger partial charge in [0.05, 0.1) is 18.8 Å². The molecule has 0 aliphatic rings. The number of aromatic nitrogens is 2. The second-order valence-corrected chi connectivity index (χ2v) is 3.92. The SMILES string of the molecule is Cc1cc(F)cc(-c2cc(N)n(CCO)n2)c1. The van der Waals surface area contributed by atoms with Gasteiger partial charge in [0.15, 0.2) is 0 Å². The van der Waals surface area contributed by atoms with Crippen molar-refractivity contribution in [3.8, 4) is 11.3 Å². The predicted molar refractivity (Wildman–Crippen MR) is 63.9 cm³/mol. The highest BCUT2D eigenvalue weighted by atomic mass is 19.1. The molecule has 3 N–H and O–H groups in total. The smallest absolute Gasteiger partial charge is 0.124 e. The van der Waals surface area contributed by atoms with Gasteiger partial charge in [-0.05, 0) is 30.7 Å². The Bertz CT molecular complexity index is 516. The lowest BCUT2D eigenvalue weighted by Gasteiger charge is -2.00. The molecule has 0 unspecified atom stereocenters. The molecule has 90 valence electrons. The first kappa shape index (κ1) is 11.6. The third kappa shape index (κ3) is 2.45. The molecule has 1 aromatic carbocycles. The summed E-state index contributed by atoms with van der Waals surface area (Å²) >= 11 is 0. The number of nitrogens with two attached hydrogens (primary N) is 1. The van der Waals surface area contributed by atoms with Crippen LogP contribution < -0.4 is 5.73 Å². The van der Waals surface area contributed by atoms with Crippen LogP contribution in [0.1, 0.15) is 5.56 Å². The zero-order chi connectivity index (χ0) is 12.4. The van der Waals surface area contributed by atoms with Crippen LogP contribution in [-0.2, 0) is 6.54 Å². The molecule has 0 saturated carbocycles. The number of benzene rings is 1. The average Bonchev–Trinajstić information content (AvgIpc) is 2.60. The first-order chi connectivity index (χ1) is 8.10. The van der Waals surface area contributed by atoms with Crippen molar-refractivity contribution in [2.24, 2.45) is 0 Å². The van der Waals surface area contributed by atoms with E-state index in [1.807, 2.05) is 13.0 Å². The van der Waals surface area contributed by atoms with E-state index >= 15 is 0 Å². The van der Waals surface area contributed by atoms with E-state index in [1.54, 1.807) is 6.07 Å². The molecule has 0 bridgehead atoms. The Hall–Kier alpha value is -1.88. The molecule has 5 heteroatoms. The normalized spacial score (nSPS) is 10.8. The minimum Gasteiger partial charge on any atom is -0.394 e. The van der Waals surface area contributed by atoms with Crippen molar-refractivity contribution in [3.05, 3.63) is 35.6 Å². The molecule has 1 heterocycles. The summed E-state index contributed by atoms with van der Waals surface area (Å²) < 4.78 is 14.8. The van der Waals surface area contributed by atoms with Gasteiger partial charge in [0.1, 0.15) is 11.6 Å². The molecule has 4 nitrogen and oxygen atoms in total. The van der Waals surface area contributed by atoms with Crippen LogP contribution in [0.25, 0.3) is 11.3 Å². The van der Waals surface area contributed by atoms with Gasteiger partial charge in [-0.3, -0.25) is 0 Å². The highest BCUT2D eigenvalue weighted by molar-refractivity contribution is 5.63. The summed E-state index contributed by atoms with van der Waals surface area (Å²) in [4.78, 5) is 0. The van der Waals surface area contributed by atoms with Crippen molar-refractivity contribution in [1.82, 2.24) is 9.78 Å². The molecule has 0 radical (unpaired) electrons. The van der Waals surface area contributed by atoms with E-state index < -0.39 is 0 Å². The lowest BCUT2D eigenvalue weighted by Crippen LogP contribution is -2.07. The van der Waals surface area contributed by atoms with Crippen molar-refractivity contribution in [2.45, 2.75) is 13.5 Å². The maximum Gasteiger partial charge on any atom is 0.124 e. The van der Waals surface area contributed by atoms with Crippen LogP contribution in [0.5, 0.6) is 0 Å². The van der Waals surface area contributed by atoms with Crippen molar-refractivity contribution >= 4 is 5.82 Å². The predicted octanol–water partition coefficient (Wildman–Crippen LogP) is 1.57. The number of rotatable bonds is 3. The number of hydrogen-bond donors (Lipinski definition) is 2. The zero-order valence-corrected chi connectivity index (χ0v) is 9.52. The Morgan fingerprint density at radius 3 is 2.76 bits per heavy atom. The summed E-state index contributed by atoms with van der Waals surface area (Å²) in [6, 6.07) is 6.38. The molecule has 0 saturated heterocycles. The zero-order valence-electron chi connectivity index (χ0n) is 9.52. The molecular weight excluding hydrogens is 221 g/mol. The molecule has 0 spiro atoms. The van der Waals surface area contributed by atoms with E-state index in [9.17, 15) is 4.39 Å². The summed E-state index contributed by atoms with van der Waals surface area (Å²) in [6.45, 7) is 2.12. The first-order valence-corrected chi connectivity index (χ1v) is 5.32. The molecule has 17 heavy (non-hydrogen) atoms. The van der Waals surface area contributed by atoms with Crippen LogP contribution in [0.3, 0.4) is 0 Å². The van der Waals surface area contributed by atoms with E-state index in [0.717, 1.165) is 5.56 Å². The second kappa shape index (κ2) is 4.55. The highest BCUT2D eigenvalue weighted by Crippen LogP contribution is 2.22. The van der Waals surface area contributed by atoms with Crippen molar-refractivity contribution in [2.75, 3.05) is 12.3 Å². The molecule has 0 aliphatic heterocycles. The third-order valence-electron chi connectivity index (χ3n) is 2.46. The standard InChI is InChI=1S/C12H14FN3O/c1-8-4-9(6-10(13)5-8)11-7-12(14)16(15-11)2-3-17/h4-7,17H,2-3,14H2,1H3. The first-order valence-electron chi connectivity index (χ1n) is 5.32. The maximum absolute atomic E-state index is 13.3. The quantitative estimate of drug-likeness (QED) is 0.848. The monoisotopic (exact) mass is 235 g/mol. The lowest BCUT2D eigenvalue weighted by atomic mass is 10.1. The van der Waals surface area contributed by atoms with Gasteiger partial charge in [0.2, 0.25) is 0 Å². The van der Waals surface area contributed by atoms with E-state index in [-0.39, 0.29) is 12.4 Å². The van der Waals surface area contributed by atoms with Gasteiger partial charge in [0.25, 0.3) is 0 Å². The molecule has 2 rings (SSSR count). The highest BCUT2D eigenvalue weighted by Gasteiger charge is 2.08. The third-order valence-corrected chi connectivity index (χ3v) is 2.46. The Kier molecular flexibility index (Phi) is 3.10. The minimum atomic E-state index is -0.296. The van der Waals surface area contributed by atoms with Gasteiger partial charge in [-0.2, -0.15) is 5.10 Å². The number of nitrogens with zero attached hydrogens (tertiary/aromatic N) is 2. The minimum absolute atomic E-state index is 0.0342. The van der Waals surface area contributed by atoms with Gasteiger partial charge >= 0.3 is 0 Å². The van der Waals surface area contributed by atoms with Gasteiger partial charge in [0, 0.05) is 11.6 Å². The molecule has 0 aliphatic carbocycles. The fraction of sp³-hybridized carbons (Fsp3) is 0.250. The van der Waals surface area contributed by atoms with Crippen LogP contribution in [0.4, 0.5) is 10.2 Å². The van der Waals surface area contributed by atoms with Gasteiger partial charge in [-0.1, -0.05) is 0 Å². The van der Waals surface area contributed by atoms with Crippen LogP contribution in [-0.4, -0.2) is 21.5 Å². The number of aliphatic hydroxyl groups is 1. The largest absolute Gasteiger partial charge is 0.394 e. The van der Waals surface area contributed by atoms with Crippen molar-refractivity contribution in [3.63, 3.8) is 0 Å². The summed E-state index contributed by atoms with van der Waals surface area (Å²) in [5.74, 6) is 0.159. The van der Waals surface area contributed by atoms with Crippen LogP contribution in [0, 0.1) is 12.7 Å². The van der Waals surface area contributed by atoms with E-state index in [1.165, 1.54) is 16.8 Å². The molecule has 1 aromatic heterocycles. The Morgan fingerprint density at radius 2 is 2.12 bits per heavy atom. The van der Waals surface area contributed by atoms with Gasteiger partial charge < -0.3 is 10.8 Å². The maximum atomic E-state index is 13.3. The Morgan fingerprint density at radius 1 is 1.35 bits per heavy atom. The molecule has 0 atom stereocenters. The fourth-order valence-electron chi connectivity index (χ4n) is 1.73. The lowest BCUT2D eigenvalue weighted by molar-refractivity contribution is 0.270. The fourth-order valence-corrected chi connectivity index (χ4v) is 1.73. The topological polar surface area (TPSA) is 64.1 Å². The van der Waals surface area contributed by atoms with Gasteiger partial charge in [-0.15, -0.1) is 0 Å². The number of halogens is 1. The summed E-state index contributed by atoms with van der Waals surface area (Å²) in [5.41, 5.74) is 7.86. The number of nitrogen functional groups attached to an aromatic ring is 1. The summed E-state index contributed by atoms with van der Waals surface area (Å²) in [6.07, 6.45) is 0. The molecule has 0 amide bonds. The van der Waals surface area contributed by atoms with Crippen LogP contribution in [0.2, 0.25) is 0 Å². The van der Waals surface area contributed by atoms with Crippen LogP contribution >= 0.6 is 0 Å². The number of aryl methyl sites for hydroxylation is 1. The van der Waals surface area contributed by atoms with Gasteiger partial charge in [-0.25, -0.2) is 9.07 Å². The van der Waals surface area contributed by atoms with Crippen molar-refractivity contribution < 1.29 is 9.50 Å². The van der Waals surface area contributed by atoms with Crippen molar-refractivity contribution in [1.29, 1.82) is 0 Å². The molecule has 0 fully saturated rings. The number of hydrogen-bond acceptors (Lipinski definition) is 3. The number of aliphatic hydroxyl groups excluding tert-OH is 1. The Labute approximate surface area is 98.5 Å². The summed E-state index contributed by atoms with van der Waals surface area (Å²) in [7, 11) is 0. The van der Waals surface area contributed by atoms with Crippen LogP contribution in [0.15, 0.2) is 24.3 Å². The van der Waals surface area contributed by atoms with E-state index in [4.69, 9.17) is 10.8 Å². The Balaban J connectivity index is 2.42. The number of anilines is 1. The average molecular weight is 235 g/mol. The summed E-state index contributed by atoms with van der Waals surface area (Å²) in [5, 5.41) is 13.1.